The lowest BCUT2D eigenvalue weighted by Crippen LogP contribution is -2.23. The summed E-state index contributed by atoms with van der Waals surface area (Å²) in [5.41, 5.74) is 8.14. The Hall–Kier alpha value is -1.94. The number of hydrogen-bond donors (Lipinski definition) is 1. The average molecular weight is 271 g/mol. The lowest BCUT2D eigenvalue weighted by atomic mass is 10.0. The SMILES string of the molecule is Nc1ncccc1CN1CCC[C@@H]1c1ccc(F)cc1. The normalized spacial score (nSPS) is 19.4. The van der Waals surface area contributed by atoms with Crippen LogP contribution in [0.2, 0.25) is 0 Å². The minimum Gasteiger partial charge on any atom is -0.383 e. The highest BCUT2D eigenvalue weighted by molar-refractivity contribution is 5.38. The molecule has 1 atom stereocenters. The van der Waals surface area contributed by atoms with E-state index in [0.29, 0.717) is 11.9 Å². The third kappa shape index (κ3) is 2.65. The van der Waals surface area contributed by atoms with E-state index in [9.17, 15) is 4.39 Å². The van der Waals surface area contributed by atoms with Crippen LogP contribution in [-0.2, 0) is 6.54 Å². The van der Waals surface area contributed by atoms with E-state index in [0.717, 1.165) is 31.5 Å². The zero-order valence-corrected chi connectivity index (χ0v) is 11.3. The van der Waals surface area contributed by atoms with Gasteiger partial charge in [0.05, 0.1) is 0 Å². The molecular weight excluding hydrogens is 253 g/mol. The molecule has 20 heavy (non-hydrogen) atoms. The molecule has 104 valence electrons. The zero-order valence-electron chi connectivity index (χ0n) is 11.3. The van der Waals surface area contributed by atoms with Crippen molar-refractivity contribution in [2.75, 3.05) is 12.3 Å². The van der Waals surface area contributed by atoms with Crippen LogP contribution in [0.25, 0.3) is 0 Å². The van der Waals surface area contributed by atoms with Crippen LogP contribution in [0.15, 0.2) is 42.6 Å². The Balaban J connectivity index is 1.79. The minimum absolute atomic E-state index is 0.185. The Labute approximate surface area is 118 Å². The van der Waals surface area contributed by atoms with Crippen molar-refractivity contribution >= 4 is 5.82 Å². The second-order valence-corrected chi connectivity index (χ2v) is 5.23. The molecule has 1 aliphatic rings. The molecule has 0 spiro atoms. The van der Waals surface area contributed by atoms with Crippen LogP contribution in [0, 0.1) is 5.82 Å². The molecule has 1 fully saturated rings. The summed E-state index contributed by atoms with van der Waals surface area (Å²) in [6.07, 6.45) is 3.97. The van der Waals surface area contributed by atoms with Crippen molar-refractivity contribution < 1.29 is 4.39 Å². The number of likely N-dealkylation sites (tertiary alicyclic amines) is 1. The molecule has 0 radical (unpaired) electrons. The summed E-state index contributed by atoms with van der Waals surface area (Å²) < 4.78 is 13.0. The summed E-state index contributed by atoms with van der Waals surface area (Å²) in [6, 6.07) is 11.1. The number of anilines is 1. The van der Waals surface area contributed by atoms with Crippen LogP contribution in [-0.4, -0.2) is 16.4 Å². The van der Waals surface area contributed by atoms with E-state index in [1.165, 1.54) is 17.7 Å². The number of rotatable bonds is 3. The van der Waals surface area contributed by atoms with Gasteiger partial charge in [0.2, 0.25) is 0 Å². The van der Waals surface area contributed by atoms with Gasteiger partial charge in [-0.2, -0.15) is 0 Å². The van der Waals surface area contributed by atoms with Gasteiger partial charge in [0, 0.05) is 24.3 Å². The monoisotopic (exact) mass is 271 g/mol. The number of nitrogens with zero attached hydrogens (tertiary/aromatic N) is 2. The fourth-order valence-corrected chi connectivity index (χ4v) is 2.88. The van der Waals surface area contributed by atoms with Gasteiger partial charge in [0.15, 0.2) is 0 Å². The average Bonchev–Trinajstić information content (AvgIpc) is 2.90. The van der Waals surface area contributed by atoms with Gasteiger partial charge in [-0.15, -0.1) is 0 Å². The molecule has 3 nitrogen and oxygen atoms in total. The maximum Gasteiger partial charge on any atom is 0.127 e. The van der Waals surface area contributed by atoms with Crippen LogP contribution in [0.3, 0.4) is 0 Å². The van der Waals surface area contributed by atoms with Crippen molar-refractivity contribution in [1.29, 1.82) is 0 Å². The second kappa shape index (κ2) is 5.59. The van der Waals surface area contributed by atoms with Gasteiger partial charge in [-0.25, -0.2) is 9.37 Å². The summed E-state index contributed by atoms with van der Waals surface area (Å²) in [6.45, 7) is 1.83. The highest BCUT2D eigenvalue weighted by atomic mass is 19.1. The number of pyridine rings is 1. The van der Waals surface area contributed by atoms with Gasteiger partial charge in [-0.1, -0.05) is 18.2 Å². The molecular formula is C16H18FN3. The van der Waals surface area contributed by atoms with Crippen molar-refractivity contribution in [2.45, 2.75) is 25.4 Å². The number of nitrogen functional groups attached to an aromatic ring is 1. The molecule has 0 aliphatic carbocycles. The Bertz CT molecular complexity index is 583. The lowest BCUT2D eigenvalue weighted by molar-refractivity contribution is 0.248. The Morgan fingerprint density at radius 1 is 1.25 bits per heavy atom. The van der Waals surface area contributed by atoms with Crippen LogP contribution in [0.5, 0.6) is 0 Å². The number of nitrogens with two attached hydrogens (primary N) is 1. The molecule has 3 rings (SSSR count). The van der Waals surface area contributed by atoms with Crippen LogP contribution in [0.1, 0.15) is 30.0 Å². The highest BCUT2D eigenvalue weighted by Crippen LogP contribution is 2.33. The zero-order chi connectivity index (χ0) is 13.9. The Morgan fingerprint density at radius 2 is 2.05 bits per heavy atom. The Morgan fingerprint density at radius 3 is 2.80 bits per heavy atom. The molecule has 0 amide bonds. The van der Waals surface area contributed by atoms with Crippen molar-refractivity contribution in [3.05, 3.63) is 59.5 Å². The van der Waals surface area contributed by atoms with Crippen LogP contribution >= 0.6 is 0 Å². The molecule has 1 aliphatic heterocycles. The van der Waals surface area contributed by atoms with E-state index in [1.807, 2.05) is 24.3 Å². The molecule has 1 aromatic heterocycles. The van der Waals surface area contributed by atoms with Crippen LogP contribution < -0.4 is 5.73 Å². The largest absolute Gasteiger partial charge is 0.383 e. The van der Waals surface area contributed by atoms with E-state index in [-0.39, 0.29) is 5.82 Å². The maximum absolute atomic E-state index is 13.0. The molecule has 1 saturated heterocycles. The molecule has 2 heterocycles. The topological polar surface area (TPSA) is 42.1 Å². The maximum atomic E-state index is 13.0. The van der Waals surface area contributed by atoms with Crippen molar-refractivity contribution in [3.63, 3.8) is 0 Å². The highest BCUT2D eigenvalue weighted by Gasteiger charge is 2.26. The summed E-state index contributed by atoms with van der Waals surface area (Å²) in [4.78, 5) is 6.52. The predicted octanol–water partition coefficient (Wildman–Crippen LogP) is 3.14. The smallest absolute Gasteiger partial charge is 0.127 e. The van der Waals surface area contributed by atoms with E-state index in [2.05, 4.69) is 9.88 Å². The van der Waals surface area contributed by atoms with E-state index < -0.39 is 0 Å². The van der Waals surface area contributed by atoms with Crippen LogP contribution in [0.4, 0.5) is 10.2 Å². The lowest BCUT2D eigenvalue weighted by Gasteiger charge is -2.25. The second-order valence-electron chi connectivity index (χ2n) is 5.23. The molecule has 0 saturated carbocycles. The summed E-state index contributed by atoms with van der Waals surface area (Å²) >= 11 is 0. The van der Waals surface area contributed by atoms with Crippen molar-refractivity contribution in [1.82, 2.24) is 9.88 Å². The molecule has 2 N–H and O–H groups in total. The number of benzene rings is 1. The van der Waals surface area contributed by atoms with Gasteiger partial charge < -0.3 is 5.73 Å². The first-order valence-corrected chi connectivity index (χ1v) is 6.93. The molecule has 1 aromatic carbocycles. The van der Waals surface area contributed by atoms with Gasteiger partial charge in [0.25, 0.3) is 0 Å². The van der Waals surface area contributed by atoms with Gasteiger partial charge >= 0.3 is 0 Å². The quantitative estimate of drug-likeness (QED) is 0.932. The van der Waals surface area contributed by atoms with Crippen molar-refractivity contribution in [2.24, 2.45) is 0 Å². The molecule has 4 heteroatoms. The van der Waals surface area contributed by atoms with Gasteiger partial charge in [-0.3, -0.25) is 4.90 Å². The predicted molar refractivity (Wildman–Crippen MR) is 77.4 cm³/mol. The fourth-order valence-electron chi connectivity index (χ4n) is 2.88. The third-order valence-electron chi connectivity index (χ3n) is 3.92. The first kappa shape index (κ1) is 13.1. The standard InChI is InChI=1S/C16H18FN3/c17-14-7-5-12(6-8-14)15-4-2-10-20(15)11-13-3-1-9-19-16(13)18/h1,3,5-9,15H,2,4,10-11H2,(H2,18,19)/t15-/m1/s1. The number of aromatic nitrogens is 1. The molecule has 2 aromatic rings. The first-order chi connectivity index (χ1) is 9.74. The Kier molecular flexibility index (Phi) is 3.65. The molecule has 0 unspecified atom stereocenters. The molecule has 0 bridgehead atoms. The van der Waals surface area contributed by atoms with E-state index >= 15 is 0 Å². The van der Waals surface area contributed by atoms with Gasteiger partial charge in [0.1, 0.15) is 11.6 Å². The summed E-state index contributed by atoms with van der Waals surface area (Å²) in [5, 5.41) is 0. The summed E-state index contributed by atoms with van der Waals surface area (Å²) in [7, 11) is 0. The fraction of sp³-hybridized carbons (Fsp3) is 0.312. The third-order valence-corrected chi connectivity index (χ3v) is 3.92. The van der Waals surface area contributed by atoms with Crippen molar-refractivity contribution in [3.8, 4) is 0 Å². The number of halogens is 1. The van der Waals surface area contributed by atoms with E-state index in [1.54, 1.807) is 6.20 Å². The van der Waals surface area contributed by atoms with Gasteiger partial charge in [-0.05, 0) is 43.1 Å². The first-order valence-electron chi connectivity index (χ1n) is 6.93. The minimum atomic E-state index is -0.185. The summed E-state index contributed by atoms with van der Waals surface area (Å²) in [5.74, 6) is 0.409. The van der Waals surface area contributed by atoms with E-state index in [4.69, 9.17) is 5.73 Å². The number of hydrogen-bond acceptors (Lipinski definition) is 3.